The summed E-state index contributed by atoms with van der Waals surface area (Å²) in [5.74, 6) is -0.964. The van der Waals surface area contributed by atoms with Crippen LogP contribution in [0.1, 0.15) is 17.5 Å². The first-order valence-corrected chi connectivity index (χ1v) is 10.8. The predicted molar refractivity (Wildman–Crippen MR) is 111 cm³/mol. The van der Waals surface area contributed by atoms with Gasteiger partial charge in [-0.25, -0.2) is 12.7 Å². The van der Waals surface area contributed by atoms with Crippen molar-refractivity contribution in [3.05, 3.63) is 59.7 Å². The summed E-state index contributed by atoms with van der Waals surface area (Å²) in [4.78, 5) is 26.8. The van der Waals surface area contributed by atoms with Crippen LogP contribution in [0.3, 0.4) is 0 Å². The van der Waals surface area contributed by atoms with E-state index in [1.54, 1.807) is 23.1 Å². The first kappa shape index (κ1) is 21.0. The number of amides is 2. The lowest BCUT2D eigenvalue weighted by Crippen LogP contribution is -2.29. The second-order valence-corrected chi connectivity index (χ2v) is 9.55. The van der Waals surface area contributed by atoms with Crippen LogP contribution < -0.4 is 5.32 Å². The average molecular weight is 416 g/mol. The summed E-state index contributed by atoms with van der Waals surface area (Å²) in [6.45, 7) is 2.76. The number of carbonyl (C=O) groups excluding carboxylic acids is 2. The Morgan fingerprint density at radius 3 is 2.45 bits per heavy atom. The van der Waals surface area contributed by atoms with Gasteiger partial charge in [0.1, 0.15) is 4.90 Å². The highest BCUT2D eigenvalue weighted by Crippen LogP contribution is 2.26. The molecule has 0 spiro atoms. The van der Waals surface area contributed by atoms with Crippen LogP contribution in [-0.2, 0) is 26.2 Å². The van der Waals surface area contributed by atoms with Gasteiger partial charge in [0.25, 0.3) is 0 Å². The molecule has 1 heterocycles. The van der Waals surface area contributed by atoms with Crippen molar-refractivity contribution in [1.82, 2.24) is 9.21 Å². The molecule has 0 aliphatic carbocycles. The molecule has 2 amide bonds. The monoisotopic (exact) mass is 415 g/mol. The van der Waals surface area contributed by atoms with E-state index in [4.69, 9.17) is 0 Å². The maximum Gasteiger partial charge on any atom is 0.244 e. The molecule has 1 atom stereocenters. The minimum atomic E-state index is -3.70. The van der Waals surface area contributed by atoms with Crippen molar-refractivity contribution in [3.63, 3.8) is 0 Å². The maximum absolute atomic E-state index is 12.8. The van der Waals surface area contributed by atoms with Crippen molar-refractivity contribution in [2.45, 2.75) is 24.8 Å². The average Bonchev–Trinajstić information content (AvgIpc) is 3.04. The highest BCUT2D eigenvalue weighted by Gasteiger charge is 2.35. The normalized spacial score (nSPS) is 17.0. The van der Waals surface area contributed by atoms with Crippen LogP contribution >= 0.6 is 0 Å². The van der Waals surface area contributed by atoms with Crippen LogP contribution in [0, 0.1) is 12.8 Å². The molecular formula is C21H25N3O4S. The molecule has 0 aromatic heterocycles. The molecule has 1 N–H and O–H groups in total. The lowest BCUT2D eigenvalue weighted by atomic mass is 10.1. The fraction of sp³-hybridized carbons (Fsp3) is 0.333. The van der Waals surface area contributed by atoms with E-state index in [-0.39, 0.29) is 28.8 Å². The third-order valence-corrected chi connectivity index (χ3v) is 6.86. The minimum absolute atomic E-state index is 0.0270. The zero-order chi connectivity index (χ0) is 21.2. The van der Waals surface area contributed by atoms with E-state index in [0.29, 0.717) is 13.1 Å². The summed E-state index contributed by atoms with van der Waals surface area (Å²) in [5.41, 5.74) is 2.37. The summed E-state index contributed by atoms with van der Waals surface area (Å²) in [7, 11) is -0.827. The summed E-state index contributed by atoms with van der Waals surface area (Å²) in [5, 5.41) is 2.70. The van der Waals surface area contributed by atoms with E-state index in [1.165, 1.54) is 20.2 Å². The van der Waals surface area contributed by atoms with E-state index < -0.39 is 15.9 Å². The molecule has 1 saturated heterocycles. The number of anilines is 1. The van der Waals surface area contributed by atoms with Gasteiger partial charge in [0.15, 0.2) is 0 Å². The second kappa shape index (κ2) is 8.34. The fourth-order valence-electron chi connectivity index (χ4n) is 3.24. The lowest BCUT2D eigenvalue weighted by molar-refractivity contribution is -0.128. The number of likely N-dealkylation sites (tertiary alicyclic amines) is 1. The van der Waals surface area contributed by atoms with Gasteiger partial charge >= 0.3 is 0 Å². The molecule has 29 heavy (non-hydrogen) atoms. The summed E-state index contributed by atoms with van der Waals surface area (Å²) in [6, 6.07) is 14.2. The van der Waals surface area contributed by atoms with E-state index in [1.807, 2.05) is 31.2 Å². The predicted octanol–water partition coefficient (Wildman–Crippen LogP) is 2.23. The van der Waals surface area contributed by atoms with E-state index in [9.17, 15) is 18.0 Å². The molecule has 8 heteroatoms. The topological polar surface area (TPSA) is 86.8 Å². The Kier molecular flexibility index (Phi) is 6.04. The number of benzene rings is 2. The van der Waals surface area contributed by atoms with Crippen LogP contribution in [0.5, 0.6) is 0 Å². The molecule has 3 rings (SSSR count). The van der Waals surface area contributed by atoms with E-state index in [2.05, 4.69) is 5.32 Å². The Bertz CT molecular complexity index is 1020. The molecule has 1 aliphatic rings. The number of carbonyl (C=O) groups is 2. The summed E-state index contributed by atoms with van der Waals surface area (Å²) in [6.07, 6.45) is 0.111. The van der Waals surface area contributed by atoms with Crippen molar-refractivity contribution in [1.29, 1.82) is 0 Å². The molecule has 1 aliphatic heterocycles. The highest BCUT2D eigenvalue weighted by atomic mass is 32.2. The third-order valence-electron chi connectivity index (χ3n) is 4.98. The maximum atomic E-state index is 12.8. The number of sulfonamides is 1. The van der Waals surface area contributed by atoms with Crippen molar-refractivity contribution in [2.24, 2.45) is 5.92 Å². The largest absolute Gasteiger partial charge is 0.338 e. The van der Waals surface area contributed by atoms with Crippen molar-refractivity contribution in [2.75, 3.05) is 26.0 Å². The van der Waals surface area contributed by atoms with Gasteiger partial charge in [-0.3, -0.25) is 9.59 Å². The third kappa shape index (κ3) is 4.65. The molecule has 2 aromatic rings. The van der Waals surface area contributed by atoms with Gasteiger partial charge in [0.05, 0.1) is 11.6 Å². The SMILES string of the molecule is Cc1ccc(CN2CC(C(=O)Nc3ccccc3S(=O)(=O)N(C)C)CC2=O)cc1. The molecule has 1 fully saturated rings. The van der Waals surface area contributed by atoms with Crippen LogP contribution in [0.4, 0.5) is 5.69 Å². The Morgan fingerprint density at radius 2 is 1.79 bits per heavy atom. The lowest BCUT2D eigenvalue weighted by Gasteiger charge is -2.18. The van der Waals surface area contributed by atoms with Crippen molar-refractivity contribution >= 4 is 27.5 Å². The molecule has 0 saturated carbocycles. The smallest absolute Gasteiger partial charge is 0.244 e. The van der Waals surface area contributed by atoms with Crippen LogP contribution in [-0.4, -0.2) is 50.1 Å². The molecule has 7 nitrogen and oxygen atoms in total. The molecule has 2 aromatic carbocycles. The summed E-state index contributed by atoms with van der Waals surface area (Å²) >= 11 is 0. The number of nitrogens with zero attached hydrogens (tertiary/aromatic N) is 2. The van der Waals surface area contributed by atoms with Gasteiger partial charge in [-0.05, 0) is 24.6 Å². The number of para-hydroxylation sites is 1. The molecule has 0 bridgehead atoms. The Labute approximate surface area is 171 Å². The zero-order valence-corrected chi connectivity index (χ0v) is 17.6. The van der Waals surface area contributed by atoms with E-state index >= 15 is 0 Å². The Balaban J connectivity index is 1.71. The van der Waals surface area contributed by atoms with Gasteiger partial charge in [0, 0.05) is 33.6 Å². The van der Waals surface area contributed by atoms with Gasteiger partial charge in [-0.2, -0.15) is 0 Å². The minimum Gasteiger partial charge on any atom is -0.338 e. The van der Waals surface area contributed by atoms with Crippen LogP contribution in [0.2, 0.25) is 0 Å². The van der Waals surface area contributed by atoms with Crippen LogP contribution in [0.15, 0.2) is 53.4 Å². The van der Waals surface area contributed by atoms with Crippen molar-refractivity contribution in [3.8, 4) is 0 Å². The molecule has 0 radical (unpaired) electrons. The van der Waals surface area contributed by atoms with Gasteiger partial charge in [-0.15, -0.1) is 0 Å². The second-order valence-electron chi connectivity index (χ2n) is 7.43. The number of hydrogen-bond acceptors (Lipinski definition) is 4. The standard InChI is InChI=1S/C21H25N3O4S/c1-15-8-10-16(11-9-15)13-24-14-17(12-20(24)25)21(26)22-18-6-4-5-7-19(18)29(27,28)23(2)3/h4-11,17H,12-14H2,1-3H3,(H,22,26). The molecular weight excluding hydrogens is 390 g/mol. The molecule has 154 valence electrons. The van der Waals surface area contributed by atoms with Gasteiger partial charge < -0.3 is 10.2 Å². The number of rotatable bonds is 6. The van der Waals surface area contributed by atoms with Gasteiger partial charge in [0.2, 0.25) is 21.8 Å². The number of aryl methyl sites for hydroxylation is 1. The number of nitrogens with one attached hydrogen (secondary N) is 1. The zero-order valence-electron chi connectivity index (χ0n) is 16.8. The first-order chi connectivity index (χ1) is 13.7. The quantitative estimate of drug-likeness (QED) is 0.784. The first-order valence-electron chi connectivity index (χ1n) is 9.34. The van der Waals surface area contributed by atoms with Crippen LogP contribution in [0.25, 0.3) is 0 Å². The Morgan fingerprint density at radius 1 is 1.14 bits per heavy atom. The summed E-state index contributed by atoms with van der Waals surface area (Å²) < 4.78 is 26.1. The fourth-order valence-corrected chi connectivity index (χ4v) is 4.28. The Hall–Kier alpha value is -2.71. The van der Waals surface area contributed by atoms with Gasteiger partial charge in [-0.1, -0.05) is 42.0 Å². The highest BCUT2D eigenvalue weighted by molar-refractivity contribution is 7.89. The van der Waals surface area contributed by atoms with Crippen molar-refractivity contribution < 1.29 is 18.0 Å². The number of hydrogen-bond donors (Lipinski definition) is 1. The molecule has 1 unspecified atom stereocenters. The van der Waals surface area contributed by atoms with E-state index in [0.717, 1.165) is 15.4 Å².